The van der Waals surface area contributed by atoms with E-state index in [-0.39, 0.29) is 17.6 Å². The average molecular weight is 426 g/mol. The molecule has 1 saturated heterocycles. The summed E-state index contributed by atoms with van der Waals surface area (Å²) in [4.78, 5) is 15.1. The molecular weight excluding hydrogens is 402 g/mol. The summed E-state index contributed by atoms with van der Waals surface area (Å²) in [6, 6.07) is 16.9. The summed E-state index contributed by atoms with van der Waals surface area (Å²) in [5, 5.41) is 7.60. The topological polar surface area (TPSA) is 67.6 Å². The number of ether oxygens (including phenoxy) is 1. The van der Waals surface area contributed by atoms with Gasteiger partial charge in [-0.05, 0) is 67.9 Å². The molecule has 0 saturated carbocycles. The molecule has 1 atom stereocenters. The molecule has 0 bridgehead atoms. The van der Waals surface area contributed by atoms with Crippen LogP contribution in [0, 0.1) is 0 Å². The van der Waals surface area contributed by atoms with E-state index in [1.807, 2.05) is 30.3 Å². The molecule has 156 valence electrons. The van der Waals surface area contributed by atoms with E-state index >= 15 is 0 Å². The minimum Gasteiger partial charge on any atom is -0.497 e. The number of nitrogens with zero attached hydrogens (tertiary/aromatic N) is 2. The average Bonchev–Trinajstić information content (AvgIpc) is 3.47. The zero-order chi connectivity index (χ0) is 20.9. The fourth-order valence-electron chi connectivity index (χ4n) is 3.77. The Kier molecular flexibility index (Phi) is 6.35. The van der Waals surface area contributed by atoms with Crippen LogP contribution >= 0.6 is 11.6 Å². The van der Waals surface area contributed by atoms with Gasteiger partial charge in [0.25, 0.3) is 5.91 Å². The van der Waals surface area contributed by atoms with Crippen molar-refractivity contribution >= 4 is 17.5 Å². The van der Waals surface area contributed by atoms with Gasteiger partial charge in [0, 0.05) is 23.2 Å². The molecule has 3 aromatic rings. The monoisotopic (exact) mass is 425 g/mol. The number of amides is 1. The lowest BCUT2D eigenvalue weighted by Crippen LogP contribution is -2.36. The molecule has 1 fully saturated rings. The van der Waals surface area contributed by atoms with Crippen molar-refractivity contribution in [3.05, 3.63) is 70.9 Å². The van der Waals surface area contributed by atoms with Crippen molar-refractivity contribution in [3.8, 4) is 17.1 Å². The van der Waals surface area contributed by atoms with E-state index < -0.39 is 0 Å². The van der Waals surface area contributed by atoms with E-state index in [9.17, 15) is 4.79 Å². The minimum atomic E-state index is -0.258. The summed E-state index contributed by atoms with van der Waals surface area (Å²) in [6.07, 6.45) is 2.34. The number of carbonyl (C=O) groups excluding carboxylic acids is 1. The maximum Gasteiger partial charge on any atom is 0.273 e. The number of halogens is 1. The quantitative estimate of drug-likeness (QED) is 0.600. The van der Waals surface area contributed by atoms with Gasteiger partial charge in [0.1, 0.15) is 5.75 Å². The predicted molar refractivity (Wildman–Crippen MR) is 116 cm³/mol. The molecule has 1 N–H and O–H groups in total. The van der Waals surface area contributed by atoms with Crippen molar-refractivity contribution in [2.75, 3.05) is 26.7 Å². The lowest BCUT2D eigenvalue weighted by atomic mass is 10.0. The Labute approximate surface area is 180 Å². The number of benzene rings is 2. The number of hydrogen-bond acceptors (Lipinski definition) is 5. The lowest BCUT2D eigenvalue weighted by molar-refractivity contribution is 0.0929. The Morgan fingerprint density at radius 1 is 1.20 bits per heavy atom. The maximum absolute atomic E-state index is 12.7. The highest BCUT2D eigenvalue weighted by atomic mass is 35.5. The number of methoxy groups -OCH3 is 1. The second-order valence-corrected chi connectivity index (χ2v) is 7.77. The Hall–Kier alpha value is -2.83. The van der Waals surface area contributed by atoms with Crippen molar-refractivity contribution in [2.45, 2.75) is 18.9 Å². The van der Waals surface area contributed by atoms with Gasteiger partial charge in [-0.15, -0.1) is 0 Å². The number of likely N-dealkylation sites (tertiary alicyclic amines) is 1. The molecule has 6 nitrogen and oxygen atoms in total. The molecule has 0 spiro atoms. The first-order valence-electron chi connectivity index (χ1n) is 10.0. The van der Waals surface area contributed by atoms with Crippen molar-refractivity contribution < 1.29 is 14.1 Å². The Bertz CT molecular complexity index is 997. The summed E-state index contributed by atoms with van der Waals surface area (Å²) in [5.74, 6) is 1.08. The van der Waals surface area contributed by atoms with Crippen LogP contribution in [0.1, 0.15) is 34.9 Å². The van der Waals surface area contributed by atoms with Gasteiger partial charge < -0.3 is 14.6 Å². The smallest absolute Gasteiger partial charge is 0.273 e. The van der Waals surface area contributed by atoms with E-state index in [2.05, 4.69) is 21.4 Å². The third-order valence-corrected chi connectivity index (χ3v) is 5.64. The number of rotatable bonds is 7. The van der Waals surface area contributed by atoms with E-state index in [0.717, 1.165) is 30.0 Å². The highest BCUT2D eigenvalue weighted by molar-refractivity contribution is 6.30. The maximum atomic E-state index is 12.7. The van der Waals surface area contributed by atoms with E-state index in [4.69, 9.17) is 20.9 Å². The van der Waals surface area contributed by atoms with Crippen molar-refractivity contribution in [3.63, 3.8) is 0 Å². The van der Waals surface area contributed by atoms with Crippen LogP contribution < -0.4 is 10.1 Å². The molecule has 30 heavy (non-hydrogen) atoms. The van der Waals surface area contributed by atoms with Crippen molar-refractivity contribution in [1.82, 2.24) is 15.4 Å². The van der Waals surface area contributed by atoms with E-state index in [0.29, 0.717) is 17.3 Å². The fourth-order valence-corrected chi connectivity index (χ4v) is 3.90. The van der Waals surface area contributed by atoms with Crippen LogP contribution in [0.4, 0.5) is 0 Å². The molecule has 2 heterocycles. The van der Waals surface area contributed by atoms with Crippen LogP contribution in [0.25, 0.3) is 11.3 Å². The third kappa shape index (κ3) is 4.66. The van der Waals surface area contributed by atoms with E-state index in [1.54, 1.807) is 25.3 Å². The van der Waals surface area contributed by atoms with Crippen LogP contribution in [-0.2, 0) is 0 Å². The van der Waals surface area contributed by atoms with Gasteiger partial charge >= 0.3 is 0 Å². The van der Waals surface area contributed by atoms with Crippen LogP contribution in [0.5, 0.6) is 5.75 Å². The van der Waals surface area contributed by atoms with Crippen LogP contribution in [0.3, 0.4) is 0 Å². The first-order valence-corrected chi connectivity index (χ1v) is 10.4. The molecule has 1 aliphatic rings. The van der Waals surface area contributed by atoms with Gasteiger partial charge in [0.05, 0.1) is 13.2 Å². The Morgan fingerprint density at radius 3 is 2.70 bits per heavy atom. The number of aromatic nitrogens is 1. The summed E-state index contributed by atoms with van der Waals surface area (Å²) < 4.78 is 10.7. The van der Waals surface area contributed by atoms with Crippen molar-refractivity contribution in [2.24, 2.45) is 0 Å². The lowest BCUT2D eigenvalue weighted by Gasteiger charge is -2.28. The molecule has 1 unspecified atom stereocenters. The SMILES string of the molecule is COc1cccc(C(CNC(=O)c2cc(-c3ccc(Cl)cc3)on2)N2CCCC2)c1. The molecule has 0 aliphatic carbocycles. The summed E-state index contributed by atoms with van der Waals surface area (Å²) in [6.45, 7) is 2.51. The summed E-state index contributed by atoms with van der Waals surface area (Å²) >= 11 is 5.93. The molecule has 7 heteroatoms. The molecule has 1 aliphatic heterocycles. The Balaban J connectivity index is 1.46. The van der Waals surface area contributed by atoms with Gasteiger partial charge in [0.2, 0.25) is 0 Å². The predicted octanol–water partition coefficient (Wildman–Crippen LogP) is 4.57. The van der Waals surface area contributed by atoms with Crippen LogP contribution in [-0.4, -0.2) is 42.7 Å². The first-order chi connectivity index (χ1) is 14.6. The van der Waals surface area contributed by atoms with Gasteiger partial charge in [0.15, 0.2) is 11.5 Å². The number of nitrogens with one attached hydrogen (secondary N) is 1. The highest BCUT2D eigenvalue weighted by Gasteiger charge is 2.25. The Morgan fingerprint density at radius 2 is 1.97 bits per heavy atom. The van der Waals surface area contributed by atoms with Gasteiger partial charge in [-0.2, -0.15) is 0 Å². The zero-order valence-electron chi connectivity index (χ0n) is 16.8. The largest absolute Gasteiger partial charge is 0.497 e. The highest BCUT2D eigenvalue weighted by Crippen LogP contribution is 2.27. The minimum absolute atomic E-state index is 0.0780. The van der Waals surface area contributed by atoms with Crippen LogP contribution in [0.2, 0.25) is 5.02 Å². The molecule has 1 amide bonds. The van der Waals surface area contributed by atoms with Gasteiger partial charge in [-0.25, -0.2) is 0 Å². The standard InChI is InChI=1S/C23H24ClN3O3/c1-29-19-6-4-5-17(13-19)21(27-11-2-3-12-27)15-25-23(28)20-14-22(30-26-20)16-7-9-18(24)10-8-16/h4-10,13-14,21H,2-3,11-12,15H2,1H3,(H,25,28). The summed E-state index contributed by atoms with van der Waals surface area (Å²) in [7, 11) is 1.66. The fraction of sp³-hybridized carbons (Fsp3) is 0.304. The zero-order valence-corrected chi connectivity index (χ0v) is 17.6. The van der Waals surface area contributed by atoms with Crippen LogP contribution in [0.15, 0.2) is 59.1 Å². The second-order valence-electron chi connectivity index (χ2n) is 7.33. The van der Waals surface area contributed by atoms with Gasteiger partial charge in [-0.3, -0.25) is 9.69 Å². The molecule has 2 aromatic carbocycles. The van der Waals surface area contributed by atoms with Crippen molar-refractivity contribution in [1.29, 1.82) is 0 Å². The number of hydrogen-bond donors (Lipinski definition) is 1. The second kappa shape index (κ2) is 9.32. The molecule has 1 aromatic heterocycles. The number of carbonyl (C=O) groups is 1. The van der Waals surface area contributed by atoms with Gasteiger partial charge in [-0.1, -0.05) is 28.9 Å². The first kappa shape index (κ1) is 20.4. The van der Waals surface area contributed by atoms with E-state index in [1.165, 1.54) is 12.8 Å². The molecular formula is C23H24ClN3O3. The normalized spacial score (nSPS) is 15.1. The molecule has 0 radical (unpaired) electrons. The summed E-state index contributed by atoms with van der Waals surface area (Å²) in [5.41, 5.74) is 2.20. The third-order valence-electron chi connectivity index (χ3n) is 5.39. The molecule has 4 rings (SSSR count).